The van der Waals surface area contributed by atoms with Gasteiger partial charge in [0.2, 0.25) is 5.91 Å². The fourth-order valence-corrected chi connectivity index (χ4v) is 4.65. The van der Waals surface area contributed by atoms with Crippen molar-refractivity contribution in [3.05, 3.63) is 64.6 Å². The Kier molecular flexibility index (Phi) is 4.20. The Hall–Kier alpha value is -2.77. The number of nitrogens with zero attached hydrogens (tertiary/aromatic N) is 2. The molecule has 7 heteroatoms. The van der Waals surface area contributed by atoms with Crippen LogP contribution in [-0.2, 0) is 14.4 Å². The van der Waals surface area contributed by atoms with Gasteiger partial charge in [-0.05, 0) is 24.6 Å². The van der Waals surface area contributed by atoms with E-state index in [1.54, 1.807) is 24.3 Å². The van der Waals surface area contributed by atoms with E-state index in [-0.39, 0.29) is 16.4 Å². The molecule has 2 heterocycles. The van der Waals surface area contributed by atoms with Gasteiger partial charge in [-0.1, -0.05) is 60.4 Å². The Morgan fingerprint density at radius 2 is 1.59 bits per heavy atom. The smallest absolute Gasteiger partial charge is 0.271 e. The molecule has 0 saturated carbocycles. The lowest BCUT2D eigenvalue weighted by atomic mass is 10.1. The van der Waals surface area contributed by atoms with Crippen LogP contribution in [0.25, 0.3) is 5.57 Å². The molecular formula is C20H14N2O3S2. The molecule has 2 aliphatic heterocycles. The van der Waals surface area contributed by atoms with Crippen LogP contribution in [0, 0.1) is 6.92 Å². The second kappa shape index (κ2) is 6.44. The van der Waals surface area contributed by atoms with E-state index in [2.05, 4.69) is 0 Å². The quantitative estimate of drug-likeness (QED) is 0.546. The lowest BCUT2D eigenvalue weighted by Crippen LogP contribution is -2.32. The van der Waals surface area contributed by atoms with E-state index in [0.717, 1.165) is 22.2 Å². The van der Waals surface area contributed by atoms with Gasteiger partial charge in [0.1, 0.15) is 0 Å². The second-order valence-electron chi connectivity index (χ2n) is 6.18. The van der Waals surface area contributed by atoms with E-state index in [1.807, 2.05) is 31.2 Å². The molecule has 2 aromatic carbocycles. The Morgan fingerprint density at radius 1 is 0.963 bits per heavy atom. The summed E-state index contributed by atoms with van der Waals surface area (Å²) in [4.78, 5) is 41.0. The summed E-state index contributed by atoms with van der Waals surface area (Å²) >= 11 is 6.52. The van der Waals surface area contributed by atoms with Crippen LogP contribution in [0.15, 0.2) is 53.4 Å². The zero-order valence-corrected chi connectivity index (χ0v) is 16.2. The van der Waals surface area contributed by atoms with Gasteiger partial charge in [-0.15, -0.1) is 0 Å². The lowest BCUT2D eigenvalue weighted by Gasteiger charge is -2.17. The Morgan fingerprint density at radius 3 is 2.26 bits per heavy atom. The number of anilines is 2. The number of rotatable bonds is 1. The lowest BCUT2D eigenvalue weighted by molar-refractivity contribution is -0.122. The summed E-state index contributed by atoms with van der Waals surface area (Å²) in [5.74, 6) is -1.23. The Bertz CT molecular complexity index is 1070. The van der Waals surface area contributed by atoms with Crippen molar-refractivity contribution in [3.8, 4) is 0 Å². The molecule has 1 saturated heterocycles. The van der Waals surface area contributed by atoms with Crippen LogP contribution >= 0.6 is 24.0 Å². The van der Waals surface area contributed by atoms with E-state index in [9.17, 15) is 14.4 Å². The number of carbonyl (C=O) groups is 3. The summed E-state index contributed by atoms with van der Waals surface area (Å²) in [5, 5.41) is 0. The highest BCUT2D eigenvalue weighted by molar-refractivity contribution is 8.27. The number of thioether (sulfide) groups is 1. The van der Waals surface area contributed by atoms with Gasteiger partial charge in [0.05, 0.1) is 21.9 Å². The molecule has 0 N–H and O–H groups in total. The summed E-state index contributed by atoms with van der Waals surface area (Å²) in [6, 6.07) is 14.4. The van der Waals surface area contributed by atoms with Crippen molar-refractivity contribution >= 4 is 63.0 Å². The van der Waals surface area contributed by atoms with E-state index in [4.69, 9.17) is 12.2 Å². The molecule has 3 amide bonds. The first-order chi connectivity index (χ1) is 12.9. The van der Waals surface area contributed by atoms with Crippen LogP contribution < -0.4 is 9.80 Å². The second-order valence-corrected chi connectivity index (χ2v) is 7.82. The Balaban J connectivity index is 1.89. The number of benzene rings is 2. The third kappa shape index (κ3) is 2.62. The van der Waals surface area contributed by atoms with Gasteiger partial charge in [0.25, 0.3) is 11.8 Å². The third-order valence-electron chi connectivity index (χ3n) is 4.50. The standard InChI is InChI=1S/C20H14N2O3S2/c1-11-7-3-5-9-14(11)22-19(25)17(27-20(22)26)16-13-8-4-6-10-15(13)21(12(2)23)18(16)24/h3-10H,1-2H3. The summed E-state index contributed by atoms with van der Waals surface area (Å²) < 4.78 is 0.364. The maximum Gasteiger partial charge on any atom is 0.271 e. The van der Waals surface area contributed by atoms with Gasteiger partial charge < -0.3 is 0 Å². The zero-order chi connectivity index (χ0) is 19.3. The molecule has 0 atom stereocenters. The average molecular weight is 394 g/mol. The summed E-state index contributed by atoms with van der Waals surface area (Å²) in [7, 11) is 0. The summed E-state index contributed by atoms with van der Waals surface area (Å²) in [5.41, 5.74) is 2.89. The van der Waals surface area contributed by atoms with Crippen LogP contribution in [0.4, 0.5) is 11.4 Å². The number of aryl methyl sites for hydroxylation is 1. The highest BCUT2D eigenvalue weighted by Gasteiger charge is 2.43. The molecule has 0 bridgehead atoms. The molecule has 4 rings (SSSR count). The van der Waals surface area contributed by atoms with Gasteiger partial charge in [-0.2, -0.15) is 0 Å². The third-order valence-corrected chi connectivity index (χ3v) is 5.87. The Labute approximate surface area is 165 Å². The van der Waals surface area contributed by atoms with Crippen molar-refractivity contribution in [2.24, 2.45) is 0 Å². The van der Waals surface area contributed by atoms with Gasteiger partial charge in [0.15, 0.2) is 4.32 Å². The fourth-order valence-electron chi connectivity index (χ4n) is 3.29. The van der Waals surface area contributed by atoms with Gasteiger partial charge in [-0.25, -0.2) is 4.90 Å². The first-order valence-corrected chi connectivity index (χ1v) is 9.45. The molecule has 0 radical (unpaired) electrons. The predicted octanol–water partition coefficient (Wildman–Crippen LogP) is 3.66. The molecule has 134 valence electrons. The van der Waals surface area contributed by atoms with E-state index < -0.39 is 11.8 Å². The maximum atomic E-state index is 13.2. The van der Waals surface area contributed by atoms with Gasteiger partial charge in [-0.3, -0.25) is 19.3 Å². The normalized spacial score (nSPS) is 19.1. The van der Waals surface area contributed by atoms with E-state index in [0.29, 0.717) is 21.3 Å². The van der Waals surface area contributed by atoms with Gasteiger partial charge in [0, 0.05) is 12.5 Å². The minimum Gasteiger partial charge on any atom is -0.274 e. The highest BCUT2D eigenvalue weighted by atomic mass is 32.2. The van der Waals surface area contributed by atoms with Crippen LogP contribution in [0.1, 0.15) is 18.1 Å². The molecule has 1 fully saturated rings. The molecule has 5 nitrogen and oxygen atoms in total. The highest BCUT2D eigenvalue weighted by Crippen LogP contribution is 2.45. The molecule has 0 aromatic heterocycles. The van der Waals surface area contributed by atoms with Crippen molar-refractivity contribution in [1.29, 1.82) is 0 Å². The average Bonchev–Trinajstić information content (AvgIpc) is 3.08. The summed E-state index contributed by atoms with van der Waals surface area (Å²) in [6.07, 6.45) is 0. The van der Waals surface area contributed by atoms with Crippen LogP contribution in [0.5, 0.6) is 0 Å². The number of carbonyl (C=O) groups excluding carboxylic acids is 3. The predicted molar refractivity (Wildman–Crippen MR) is 110 cm³/mol. The fraction of sp³-hybridized carbons (Fsp3) is 0.100. The molecule has 0 spiro atoms. The SMILES string of the molecule is CC(=O)N1C(=O)C(=C2SC(=S)N(c3ccccc3C)C2=O)c2ccccc21. The first-order valence-electron chi connectivity index (χ1n) is 8.22. The molecule has 2 aromatic rings. The minimum atomic E-state index is -0.492. The molecule has 2 aliphatic rings. The number of thiocarbonyl (C=S) groups is 1. The van der Waals surface area contributed by atoms with Gasteiger partial charge >= 0.3 is 0 Å². The number of hydrogen-bond acceptors (Lipinski definition) is 5. The monoisotopic (exact) mass is 394 g/mol. The van der Waals surface area contributed by atoms with Crippen molar-refractivity contribution in [1.82, 2.24) is 0 Å². The molecule has 0 unspecified atom stereocenters. The van der Waals surface area contributed by atoms with Crippen molar-refractivity contribution in [2.75, 3.05) is 9.80 Å². The minimum absolute atomic E-state index is 0.231. The summed E-state index contributed by atoms with van der Waals surface area (Å²) in [6.45, 7) is 3.23. The largest absolute Gasteiger partial charge is 0.274 e. The number of fused-ring (bicyclic) bond motifs is 1. The van der Waals surface area contributed by atoms with Crippen molar-refractivity contribution < 1.29 is 14.4 Å². The van der Waals surface area contributed by atoms with E-state index in [1.165, 1.54) is 11.8 Å². The van der Waals surface area contributed by atoms with Crippen molar-refractivity contribution in [3.63, 3.8) is 0 Å². The number of imide groups is 1. The zero-order valence-electron chi connectivity index (χ0n) is 14.6. The molecule has 0 aliphatic carbocycles. The topological polar surface area (TPSA) is 57.7 Å². The van der Waals surface area contributed by atoms with Crippen molar-refractivity contribution in [2.45, 2.75) is 13.8 Å². The number of amides is 3. The van der Waals surface area contributed by atoms with Crippen LogP contribution in [0.2, 0.25) is 0 Å². The first kappa shape index (κ1) is 17.6. The molecule has 27 heavy (non-hydrogen) atoms. The molecular weight excluding hydrogens is 380 g/mol. The number of para-hydroxylation sites is 2. The number of hydrogen-bond donors (Lipinski definition) is 0. The van der Waals surface area contributed by atoms with Crippen LogP contribution in [-0.4, -0.2) is 22.0 Å². The van der Waals surface area contributed by atoms with Crippen LogP contribution in [0.3, 0.4) is 0 Å². The van der Waals surface area contributed by atoms with E-state index >= 15 is 0 Å². The maximum absolute atomic E-state index is 13.2.